The van der Waals surface area contributed by atoms with Crippen LogP contribution in [0.5, 0.6) is 0 Å². The van der Waals surface area contributed by atoms with E-state index in [9.17, 15) is 31.1 Å². The largest absolute Gasteiger partial charge is 0.416 e. The van der Waals surface area contributed by atoms with Crippen LogP contribution in [-0.4, -0.2) is 55.0 Å². The second kappa shape index (κ2) is 11.7. The van der Waals surface area contributed by atoms with Crippen molar-refractivity contribution in [2.45, 2.75) is 43.4 Å². The minimum Gasteiger partial charge on any atom is -0.372 e. The van der Waals surface area contributed by atoms with Gasteiger partial charge in [-0.1, -0.05) is 60.7 Å². The Morgan fingerprint density at radius 3 is 1.88 bits per heavy atom. The van der Waals surface area contributed by atoms with E-state index >= 15 is 0 Å². The lowest BCUT2D eigenvalue weighted by Gasteiger charge is -2.56. The molecule has 3 aliphatic rings. The Morgan fingerprint density at radius 1 is 0.881 bits per heavy atom. The molecule has 3 aromatic carbocycles. The molecule has 6 rings (SSSR count). The molecule has 0 spiro atoms. The Balaban J connectivity index is 1.56. The van der Waals surface area contributed by atoms with Crippen molar-refractivity contribution in [2.75, 3.05) is 27.2 Å². The Morgan fingerprint density at radius 2 is 1.40 bits per heavy atom. The Kier molecular flexibility index (Phi) is 8.40. The molecule has 3 aromatic rings. The summed E-state index contributed by atoms with van der Waals surface area (Å²) in [6.45, 7) is 0.728. The fraction of sp³-hybridized carbons (Fsp3) is 0.406. The van der Waals surface area contributed by atoms with Gasteiger partial charge in [-0.25, -0.2) is 0 Å². The van der Waals surface area contributed by atoms with Crippen LogP contribution in [-0.2, 0) is 28.5 Å². The van der Waals surface area contributed by atoms with Crippen LogP contribution in [0.15, 0.2) is 78.9 Å². The van der Waals surface area contributed by atoms with Crippen molar-refractivity contribution in [3.63, 3.8) is 0 Å². The zero-order valence-electron chi connectivity index (χ0n) is 23.2. The summed E-state index contributed by atoms with van der Waals surface area (Å²) in [5.74, 6) is -0.957. The van der Waals surface area contributed by atoms with Gasteiger partial charge < -0.3 is 9.64 Å². The summed E-state index contributed by atoms with van der Waals surface area (Å²) in [6, 6.07) is 20.8. The lowest BCUT2D eigenvalue weighted by molar-refractivity contribution is -0.166. The number of amides is 1. The standard InChI is InChI=1S/C32H32F6N2O2/c1-39(2)30(41)26-18-40-14-13-25(26)29(28(40)27(21-9-5-3-6-10-21)22-11-7-4-8-12-22)42-19-20-15-23(31(33,34)35)17-24(16-20)32(36,37)38/h3-12,15-17,25-29H,13-14,18-19H2,1-2H3/t25?,26?,28-,29-/m0/s1. The highest BCUT2D eigenvalue weighted by molar-refractivity contribution is 5.79. The van der Waals surface area contributed by atoms with Gasteiger partial charge in [-0.2, -0.15) is 26.3 Å². The van der Waals surface area contributed by atoms with Crippen molar-refractivity contribution < 1.29 is 35.9 Å². The number of carbonyl (C=O) groups excluding carboxylic acids is 1. The van der Waals surface area contributed by atoms with Gasteiger partial charge >= 0.3 is 12.4 Å². The van der Waals surface area contributed by atoms with E-state index in [1.54, 1.807) is 14.1 Å². The van der Waals surface area contributed by atoms with Crippen LogP contribution in [0.25, 0.3) is 0 Å². The number of fused-ring (bicyclic) bond motifs is 3. The lowest BCUT2D eigenvalue weighted by atomic mass is 9.67. The number of piperidine rings is 3. The molecule has 0 aromatic heterocycles. The molecule has 5 atom stereocenters. The fourth-order valence-electron chi connectivity index (χ4n) is 6.54. The molecular weight excluding hydrogens is 558 g/mol. The van der Waals surface area contributed by atoms with Crippen LogP contribution in [0.4, 0.5) is 26.3 Å². The summed E-state index contributed by atoms with van der Waals surface area (Å²) in [6.07, 6.45) is -9.92. The topological polar surface area (TPSA) is 32.8 Å². The van der Waals surface area contributed by atoms with Crippen LogP contribution in [0.3, 0.4) is 0 Å². The molecule has 3 aliphatic heterocycles. The molecule has 2 bridgehead atoms. The first-order valence-corrected chi connectivity index (χ1v) is 13.8. The second-order valence-corrected chi connectivity index (χ2v) is 11.3. The van der Waals surface area contributed by atoms with Gasteiger partial charge in [0.15, 0.2) is 0 Å². The number of carbonyl (C=O) groups is 1. The second-order valence-electron chi connectivity index (χ2n) is 11.3. The number of rotatable bonds is 7. The van der Waals surface area contributed by atoms with Gasteiger partial charge in [-0.15, -0.1) is 0 Å². The average Bonchev–Trinajstić information content (AvgIpc) is 2.96. The van der Waals surface area contributed by atoms with Crippen LogP contribution in [0.1, 0.15) is 40.2 Å². The molecular formula is C32H32F6N2O2. The van der Waals surface area contributed by atoms with Crippen molar-refractivity contribution in [1.29, 1.82) is 0 Å². The maximum Gasteiger partial charge on any atom is 0.416 e. The van der Waals surface area contributed by atoms with E-state index in [-0.39, 0.29) is 35.4 Å². The monoisotopic (exact) mass is 590 g/mol. The number of hydrogen-bond acceptors (Lipinski definition) is 3. The molecule has 0 N–H and O–H groups in total. The summed E-state index contributed by atoms with van der Waals surface area (Å²) in [5.41, 5.74) is -0.978. The summed E-state index contributed by atoms with van der Waals surface area (Å²) >= 11 is 0. The fourth-order valence-corrected chi connectivity index (χ4v) is 6.54. The summed E-state index contributed by atoms with van der Waals surface area (Å²) in [4.78, 5) is 17.0. The van der Waals surface area contributed by atoms with E-state index in [0.29, 0.717) is 31.6 Å². The highest BCUT2D eigenvalue weighted by atomic mass is 19.4. The quantitative estimate of drug-likeness (QED) is 0.282. The van der Waals surface area contributed by atoms with Gasteiger partial charge in [-0.05, 0) is 47.9 Å². The molecule has 0 radical (unpaired) electrons. The Bertz CT molecular complexity index is 1310. The van der Waals surface area contributed by atoms with Crippen LogP contribution < -0.4 is 0 Å². The smallest absolute Gasteiger partial charge is 0.372 e. The molecule has 3 saturated heterocycles. The summed E-state index contributed by atoms with van der Waals surface area (Å²) in [7, 11) is 3.34. The van der Waals surface area contributed by atoms with Crippen molar-refractivity contribution >= 4 is 5.91 Å². The molecule has 42 heavy (non-hydrogen) atoms. The molecule has 0 saturated carbocycles. The Hall–Kier alpha value is -3.37. The van der Waals surface area contributed by atoms with E-state index in [4.69, 9.17) is 4.74 Å². The summed E-state index contributed by atoms with van der Waals surface area (Å²) < 4.78 is 87.7. The van der Waals surface area contributed by atoms with Gasteiger partial charge in [0.1, 0.15) is 0 Å². The highest BCUT2D eigenvalue weighted by Crippen LogP contribution is 2.46. The molecule has 3 fully saturated rings. The zero-order valence-corrected chi connectivity index (χ0v) is 23.2. The van der Waals surface area contributed by atoms with Crippen molar-refractivity contribution in [3.05, 3.63) is 107 Å². The van der Waals surface area contributed by atoms with E-state index in [2.05, 4.69) is 4.90 Å². The lowest BCUT2D eigenvalue weighted by Crippen LogP contribution is -2.66. The van der Waals surface area contributed by atoms with Crippen molar-refractivity contribution in [2.24, 2.45) is 11.8 Å². The van der Waals surface area contributed by atoms with Crippen molar-refractivity contribution in [3.8, 4) is 0 Å². The maximum atomic E-state index is 13.6. The van der Waals surface area contributed by atoms with E-state index in [1.165, 1.54) is 4.90 Å². The van der Waals surface area contributed by atoms with Crippen LogP contribution in [0, 0.1) is 11.8 Å². The first kappa shape index (κ1) is 30.1. The zero-order chi connectivity index (χ0) is 30.2. The average molecular weight is 591 g/mol. The van der Waals surface area contributed by atoms with Crippen LogP contribution in [0.2, 0.25) is 0 Å². The van der Waals surface area contributed by atoms with Gasteiger partial charge in [-0.3, -0.25) is 9.69 Å². The van der Waals surface area contributed by atoms with Gasteiger partial charge in [0.2, 0.25) is 5.91 Å². The van der Waals surface area contributed by atoms with E-state index in [1.807, 2.05) is 60.7 Å². The van der Waals surface area contributed by atoms with Gasteiger partial charge in [0.05, 0.1) is 29.8 Å². The van der Waals surface area contributed by atoms with Crippen molar-refractivity contribution in [1.82, 2.24) is 9.80 Å². The minimum absolute atomic E-state index is 0.0776. The predicted molar refractivity (Wildman–Crippen MR) is 145 cm³/mol. The molecule has 3 heterocycles. The third-order valence-corrected chi connectivity index (χ3v) is 8.38. The third kappa shape index (κ3) is 6.20. The van der Waals surface area contributed by atoms with Gasteiger partial charge in [0, 0.05) is 38.5 Å². The predicted octanol–water partition coefficient (Wildman–Crippen LogP) is 6.85. The van der Waals surface area contributed by atoms with Crippen LogP contribution >= 0.6 is 0 Å². The number of hydrogen-bond donors (Lipinski definition) is 0. The third-order valence-electron chi connectivity index (χ3n) is 8.38. The first-order chi connectivity index (χ1) is 19.8. The molecule has 1 amide bonds. The molecule has 4 nitrogen and oxygen atoms in total. The molecule has 10 heteroatoms. The van der Waals surface area contributed by atoms with E-state index in [0.717, 1.165) is 11.1 Å². The number of benzene rings is 3. The number of alkyl halides is 6. The maximum absolute atomic E-state index is 13.6. The molecule has 0 aliphatic carbocycles. The Labute approximate surface area is 240 Å². The molecule has 3 unspecified atom stereocenters. The van der Waals surface area contributed by atoms with E-state index < -0.39 is 42.1 Å². The number of nitrogens with zero attached hydrogens (tertiary/aromatic N) is 2. The van der Waals surface area contributed by atoms with Gasteiger partial charge in [0.25, 0.3) is 0 Å². The highest BCUT2D eigenvalue weighted by Gasteiger charge is 2.53. The minimum atomic E-state index is -4.96. The number of ether oxygens (including phenoxy) is 1. The normalized spacial score (nSPS) is 24.2. The first-order valence-electron chi connectivity index (χ1n) is 13.8. The SMILES string of the molecule is CN(C)C(=O)C1CN2CCC1[C@H](OCc1cc(C(F)(F)F)cc(C(F)(F)F)c1)[C@@H]2C(c1ccccc1)c1ccccc1. The number of halogens is 6. The summed E-state index contributed by atoms with van der Waals surface area (Å²) in [5, 5.41) is 0. The molecule has 224 valence electrons.